The average Bonchev–Trinajstić information content (AvgIpc) is 3.30. The van der Waals surface area contributed by atoms with Gasteiger partial charge in [-0.15, -0.1) is 0 Å². The molecular weight excluding hydrogens is 422 g/mol. The second-order valence-electron chi connectivity index (χ2n) is 10.7. The van der Waals surface area contributed by atoms with E-state index in [4.69, 9.17) is 0 Å². The molecule has 2 amide bonds. The number of carbonyl (C=O) groups is 2. The first-order valence-corrected chi connectivity index (χ1v) is 13.0. The fourth-order valence-corrected chi connectivity index (χ4v) is 6.47. The SMILES string of the molecule is CC(C)C[C@@H]1Nc2ccccc2[C@H]2[C@@H]1CCN2C(=O)[C@H]1CCCC[C@H]1NC(=O)c1ccccc1. The monoisotopic (exact) mass is 459 g/mol. The number of likely N-dealkylation sites (tertiary alicyclic amines) is 1. The Balaban J connectivity index is 1.38. The first kappa shape index (κ1) is 22.9. The van der Waals surface area contributed by atoms with E-state index in [-0.39, 0.29) is 29.8 Å². The largest absolute Gasteiger partial charge is 0.382 e. The number of anilines is 1. The Morgan fingerprint density at radius 2 is 1.74 bits per heavy atom. The van der Waals surface area contributed by atoms with Gasteiger partial charge >= 0.3 is 0 Å². The zero-order valence-corrected chi connectivity index (χ0v) is 20.4. The van der Waals surface area contributed by atoms with E-state index in [1.807, 2.05) is 30.3 Å². The van der Waals surface area contributed by atoms with Crippen LogP contribution in [0.1, 0.15) is 74.3 Å². The Bertz CT molecular complexity index is 1020. The molecule has 34 heavy (non-hydrogen) atoms. The second-order valence-corrected chi connectivity index (χ2v) is 10.7. The molecule has 2 fully saturated rings. The molecule has 2 heterocycles. The normalized spacial score (nSPS) is 28.1. The minimum atomic E-state index is -0.147. The summed E-state index contributed by atoms with van der Waals surface area (Å²) in [4.78, 5) is 29.1. The van der Waals surface area contributed by atoms with E-state index in [1.54, 1.807) is 0 Å². The van der Waals surface area contributed by atoms with E-state index in [2.05, 4.69) is 53.6 Å². The first-order chi connectivity index (χ1) is 16.5. The Hall–Kier alpha value is -2.82. The molecule has 0 spiro atoms. The number of hydrogen-bond donors (Lipinski definition) is 2. The molecule has 0 aromatic heterocycles. The minimum absolute atomic E-state index is 0.0752. The van der Waals surface area contributed by atoms with Crippen LogP contribution in [0.4, 0.5) is 5.69 Å². The number of fused-ring (bicyclic) bond motifs is 3. The molecule has 5 heteroatoms. The molecule has 5 atom stereocenters. The Morgan fingerprint density at radius 1 is 1.00 bits per heavy atom. The number of amides is 2. The summed E-state index contributed by atoms with van der Waals surface area (Å²) in [5, 5.41) is 7.01. The van der Waals surface area contributed by atoms with E-state index in [1.165, 1.54) is 11.3 Å². The summed E-state index contributed by atoms with van der Waals surface area (Å²) in [5.41, 5.74) is 3.08. The van der Waals surface area contributed by atoms with E-state index in [0.717, 1.165) is 45.1 Å². The van der Waals surface area contributed by atoms with Crippen molar-refractivity contribution in [2.75, 3.05) is 11.9 Å². The van der Waals surface area contributed by atoms with E-state index < -0.39 is 0 Å². The maximum Gasteiger partial charge on any atom is 0.251 e. The topological polar surface area (TPSA) is 61.4 Å². The highest BCUT2D eigenvalue weighted by Gasteiger charge is 2.48. The molecule has 3 aliphatic rings. The van der Waals surface area contributed by atoms with Crippen molar-refractivity contribution in [3.8, 4) is 0 Å². The zero-order chi connectivity index (χ0) is 23.7. The third kappa shape index (κ3) is 4.45. The average molecular weight is 460 g/mol. The Morgan fingerprint density at radius 3 is 2.53 bits per heavy atom. The summed E-state index contributed by atoms with van der Waals surface area (Å²) in [6.45, 7) is 5.35. The molecule has 1 aliphatic carbocycles. The van der Waals surface area contributed by atoms with Crippen LogP contribution in [-0.4, -0.2) is 35.3 Å². The van der Waals surface area contributed by atoms with Crippen molar-refractivity contribution in [3.05, 3.63) is 65.7 Å². The fourth-order valence-electron chi connectivity index (χ4n) is 6.47. The fraction of sp³-hybridized carbons (Fsp3) is 0.517. The molecule has 2 aromatic rings. The van der Waals surface area contributed by atoms with Gasteiger partial charge in [-0.3, -0.25) is 9.59 Å². The van der Waals surface area contributed by atoms with Crippen LogP contribution in [0.25, 0.3) is 0 Å². The van der Waals surface area contributed by atoms with Gasteiger partial charge in [-0.05, 0) is 55.4 Å². The lowest BCUT2D eigenvalue weighted by Gasteiger charge is -2.42. The molecule has 5 rings (SSSR count). The maximum atomic E-state index is 14.1. The van der Waals surface area contributed by atoms with Gasteiger partial charge < -0.3 is 15.5 Å². The standard InChI is InChI=1S/C29H37N3O2/c1-19(2)18-26-22-16-17-32(27(22)21-12-6-8-14-24(21)30-26)29(34)23-13-7-9-15-25(23)31-28(33)20-10-4-3-5-11-20/h3-6,8,10-12,14,19,22-23,25-27,30H,7,9,13,15-18H2,1-2H3,(H,31,33)/t22-,23+,25-,26+,27+/m1/s1. The van der Waals surface area contributed by atoms with Crippen molar-refractivity contribution in [3.63, 3.8) is 0 Å². The molecule has 2 aromatic carbocycles. The third-order valence-corrected chi connectivity index (χ3v) is 8.03. The van der Waals surface area contributed by atoms with Crippen LogP contribution >= 0.6 is 0 Å². The predicted octanol–water partition coefficient (Wildman–Crippen LogP) is 5.41. The molecule has 5 nitrogen and oxygen atoms in total. The van der Waals surface area contributed by atoms with Gasteiger partial charge in [0, 0.05) is 35.8 Å². The molecule has 0 radical (unpaired) electrons. The van der Waals surface area contributed by atoms with Crippen LogP contribution in [0, 0.1) is 17.8 Å². The van der Waals surface area contributed by atoms with Gasteiger partial charge in [-0.2, -0.15) is 0 Å². The lowest BCUT2D eigenvalue weighted by molar-refractivity contribution is -0.138. The quantitative estimate of drug-likeness (QED) is 0.629. The Kier molecular flexibility index (Phi) is 6.62. The highest BCUT2D eigenvalue weighted by Crippen LogP contribution is 2.48. The molecule has 0 unspecified atom stereocenters. The predicted molar refractivity (Wildman–Crippen MR) is 136 cm³/mol. The lowest BCUT2D eigenvalue weighted by atomic mass is 9.79. The summed E-state index contributed by atoms with van der Waals surface area (Å²) >= 11 is 0. The zero-order valence-electron chi connectivity index (χ0n) is 20.4. The number of rotatable bonds is 5. The number of hydrogen-bond acceptors (Lipinski definition) is 3. The number of carbonyl (C=O) groups excluding carboxylic acids is 2. The van der Waals surface area contributed by atoms with Crippen LogP contribution in [0.2, 0.25) is 0 Å². The molecule has 1 saturated carbocycles. The summed E-state index contributed by atoms with van der Waals surface area (Å²) in [6, 6.07) is 18.3. The summed E-state index contributed by atoms with van der Waals surface area (Å²) < 4.78 is 0. The van der Waals surface area contributed by atoms with Crippen molar-refractivity contribution < 1.29 is 9.59 Å². The van der Waals surface area contributed by atoms with Gasteiger partial charge in [-0.1, -0.05) is 63.1 Å². The van der Waals surface area contributed by atoms with Crippen molar-refractivity contribution in [2.45, 2.75) is 70.5 Å². The number of nitrogens with zero attached hydrogens (tertiary/aromatic N) is 1. The maximum absolute atomic E-state index is 14.1. The molecular formula is C29H37N3O2. The molecule has 2 N–H and O–H groups in total. The van der Waals surface area contributed by atoms with Gasteiger partial charge in [0.05, 0.1) is 12.0 Å². The molecule has 180 valence electrons. The van der Waals surface area contributed by atoms with Crippen molar-refractivity contribution in [1.82, 2.24) is 10.2 Å². The number of para-hydroxylation sites is 1. The van der Waals surface area contributed by atoms with Crippen LogP contribution in [0.3, 0.4) is 0 Å². The number of benzene rings is 2. The van der Waals surface area contributed by atoms with Gasteiger partial charge in [0.1, 0.15) is 0 Å². The van der Waals surface area contributed by atoms with Gasteiger partial charge in [0.15, 0.2) is 0 Å². The van der Waals surface area contributed by atoms with Crippen molar-refractivity contribution >= 4 is 17.5 Å². The smallest absolute Gasteiger partial charge is 0.251 e. The summed E-state index contributed by atoms with van der Waals surface area (Å²) in [5.74, 6) is 1.04. The van der Waals surface area contributed by atoms with Gasteiger partial charge in [-0.25, -0.2) is 0 Å². The van der Waals surface area contributed by atoms with Crippen molar-refractivity contribution in [1.29, 1.82) is 0 Å². The van der Waals surface area contributed by atoms with Crippen molar-refractivity contribution in [2.24, 2.45) is 17.8 Å². The highest BCUT2D eigenvalue weighted by atomic mass is 16.2. The third-order valence-electron chi connectivity index (χ3n) is 8.03. The summed E-state index contributed by atoms with van der Waals surface area (Å²) in [7, 11) is 0. The Labute approximate surface area is 203 Å². The van der Waals surface area contributed by atoms with E-state index >= 15 is 0 Å². The highest BCUT2D eigenvalue weighted by molar-refractivity contribution is 5.94. The lowest BCUT2D eigenvalue weighted by Crippen LogP contribution is -2.50. The van der Waals surface area contributed by atoms with Crippen LogP contribution in [-0.2, 0) is 4.79 Å². The van der Waals surface area contributed by atoms with Crippen LogP contribution in [0.5, 0.6) is 0 Å². The second kappa shape index (κ2) is 9.81. The van der Waals surface area contributed by atoms with E-state index in [9.17, 15) is 9.59 Å². The molecule has 1 saturated heterocycles. The van der Waals surface area contributed by atoms with Gasteiger partial charge in [0.25, 0.3) is 5.91 Å². The van der Waals surface area contributed by atoms with Gasteiger partial charge in [0.2, 0.25) is 5.91 Å². The van der Waals surface area contributed by atoms with E-state index in [0.29, 0.717) is 23.4 Å². The van der Waals surface area contributed by atoms with Crippen LogP contribution in [0.15, 0.2) is 54.6 Å². The van der Waals surface area contributed by atoms with Crippen LogP contribution < -0.4 is 10.6 Å². The first-order valence-electron chi connectivity index (χ1n) is 13.0. The molecule has 2 aliphatic heterocycles. The minimum Gasteiger partial charge on any atom is -0.382 e. The molecule has 0 bridgehead atoms. The number of nitrogens with one attached hydrogen (secondary N) is 2. The summed E-state index contributed by atoms with van der Waals surface area (Å²) in [6.07, 6.45) is 5.95.